The Morgan fingerprint density at radius 2 is 2.10 bits per heavy atom. The van der Waals surface area contributed by atoms with Crippen LogP contribution in [0.1, 0.15) is 41.8 Å². The molecule has 4 heteroatoms. The maximum absolute atomic E-state index is 4.21. The van der Waals surface area contributed by atoms with Crippen molar-refractivity contribution in [2.75, 3.05) is 6.54 Å². The quantitative estimate of drug-likeness (QED) is 0.879. The predicted molar refractivity (Wildman–Crippen MR) is 81.7 cm³/mol. The summed E-state index contributed by atoms with van der Waals surface area (Å²) in [6.07, 6.45) is 3.99. The maximum Gasteiger partial charge on any atom is 0.0845 e. The molecule has 1 atom stereocenters. The Morgan fingerprint density at radius 1 is 1.30 bits per heavy atom. The van der Waals surface area contributed by atoms with Crippen molar-refractivity contribution in [1.29, 1.82) is 0 Å². The summed E-state index contributed by atoms with van der Waals surface area (Å²) in [6.45, 7) is 7.51. The van der Waals surface area contributed by atoms with Gasteiger partial charge in [0, 0.05) is 25.7 Å². The van der Waals surface area contributed by atoms with Crippen LogP contribution in [-0.2, 0) is 13.5 Å². The molecule has 1 N–H and O–H groups in total. The smallest absolute Gasteiger partial charge is 0.0845 e. The molecule has 108 valence electrons. The number of hydrogen-bond donors (Lipinski definition) is 1. The molecule has 0 saturated carbocycles. The molecular formula is C16H24N4. The van der Waals surface area contributed by atoms with Crippen molar-refractivity contribution >= 4 is 0 Å². The summed E-state index contributed by atoms with van der Waals surface area (Å²) in [6, 6.07) is 6.95. The van der Waals surface area contributed by atoms with Crippen LogP contribution in [0, 0.1) is 13.8 Å². The topological polar surface area (TPSA) is 42.7 Å². The normalized spacial score (nSPS) is 12.6. The molecule has 2 rings (SSSR count). The summed E-state index contributed by atoms with van der Waals surface area (Å²) >= 11 is 0. The molecule has 0 aliphatic carbocycles. The van der Waals surface area contributed by atoms with Crippen molar-refractivity contribution in [3.05, 3.63) is 46.8 Å². The molecular weight excluding hydrogens is 248 g/mol. The average molecular weight is 272 g/mol. The van der Waals surface area contributed by atoms with Crippen LogP contribution < -0.4 is 5.32 Å². The Bertz CT molecular complexity index is 559. The fourth-order valence-corrected chi connectivity index (χ4v) is 2.53. The van der Waals surface area contributed by atoms with Crippen LogP contribution in [0.25, 0.3) is 0 Å². The van der Waals surface area contributed by atoms with Crippen molar-refractivity contribution in [1.82, 2.24) is 20.3 Å². The first kappa shape index (κ1) is 14.7. The van der Waals surface area contributed by atoms with E-state index < -0.39 is 0 Å². The molecule has 0 aliphatic heterocycles. The van der Waals surface area contributed by atoms with Gasteiger partial charge in [0.2, 0.25) is 0 Å². The highest BCUT2D eigenvalue weighted by atomic mass is 15.4. The van der Waals surface area contributed by atoms with Crippen LogP contribution in [0.3, 0.4) is 0 Å². The minimum atomic E-state index is 0.298. The van der Waals surface area contributed by atoms with Crippen molar-refractivity contribution in [3.63, 3.8) is 0 Å². The van der Waals surface area contributed by atoms with E-state index >= 15 is 0 Å². The van der Waals surface area contributed by atoms with Gasteiger partial charge < -0.3 is 5.32 Å². The number of aromatic nitrogens is 3. The number of nitrogens with zero attached hydrogens (tertiary/aromatic N) is 3. The van der Waals surface area contributed by atoms with Gasteiger partial charge in [-0.3, -0.25) is 4.68 Å². The summed E-state index contributed by atoms with van der Waals surface area (Å²) < 4.78 is 1.76. The third-order valence-corrected chi connectivity index (χ3v) is 3.50. The maximum atomic E-state index is 4.21. The highest BCUT2D eigenvalue weighted by Crippen LogP contribution is 2.22. The van der Waals surface area contributed by atoms with E-state index in [4.69, 9.17) is 0 Å². The molecule has 4 nitrogen and oxygen atoms in total. The van der Waals surface area contributed by atoms with Crippen molar-refractivity contribution in [2.45, 2.75) is 39.7 Å². The minimum Gasteiger partial charge on any atom is -0.310 e. The van der Waals surface area contributed by atoms with Crippen LogP contribution in [0.2, 0.25) is 0 Å². The van der Waals surface area contributed by atoms with E-state index in [9.17, 15) is 0 Å². The van der Waals surface area contributed by atoms with E-state index in [0.29, 0.717) is 6.04 Å². The van der Waals surface area contributed by atoms with Gasteiger partial charge in [-0.2, -0.15) is 0 Å². The van der Waals surface area contributed by atoms with Gasteiger partial charge in [0.1, 0.15) is 0 Å². The number of rotatable bonds is 6. The van der Waals surface area contributed by atoms with Crippen molar-refractivity contribution < 1.29 is 0 Å². The number of aryl methyl sites for hydroxylation is 3. The molecule has 0 bridgehead atoms. The Hall–Kier alpha value is -1.68. The summed E-state index contributed by atoms with van der Waals surface area (Å²) in [7, 11) is 1.90. The molecule has 0 spiro atoms. The molecule has 1 heterocycles. The summed E-state index contributed by atoms with van der Waals surface area (Å²) in [4.78, 5) is 0. The van der Waals surface area contributed by atoms with E-state index in [2.05, 4.69) is 54.6 Å². The van der Waals surface area contributed by atoms with E-state index in [0.717, 1.165) is 25.1 Å². The summed E-state index contributed by atoms with van der Waals surface area (Å²) in [5.41, 5.74) is 5.03. The third kappa shape index (κ3) is 3.67. The first-order valence-electron chi connectivity index (χ1n) is 7.26. The first-order chi connectivity index (χ1) is 9.60. The second-order valence-corrected chi connectivity index (χ2v) is 5.45. The Kier molecular flexibility index (Phi) is 4.90. The fraction of sp³-hybridized carbons (Fsp3) is 0.500. The molecule has 0 radical (unpaired) electrons. The molecule has 0 saturated heterocycles. The predicted octanol–water partition coefficient (Wildman–Crippen LogP) is 2.72. The van der Waals surface area contributed by atoms with Gasteiger partial charge in [-0.25, -0.2) is 0 Å². The van der Waals surface area contributed by atoms with Gasteiger partial charge in [-0.15, -0.1) is 5.10 Å². The summed E-state index contributed by atoms with van der Waals surface area (Å²) in [5.74, 6) is 0. The number of nitrogens with one attached hydrogen (secondary N) is 1. The lowest BCUT2D eigenvalue weighted by molar-refractivity contribution is 0.522. The molecule has 0 fully saturated rings. The zero-order valence-corrected chi connectivity index (χ0v) is 12.8. The Balaban J connectivity index is 2.22. The lowest BCUT2D eigenvalue weighted by atomic mass is 9.96. The number of benzene rings is 1. The molecule has 2 aromatic rings. The lowest BCUT2D eigenvalue weighted by Gasteiger charge is -2.20. The standard InChI is InChI=1S/C16H24N4/c1-5-8-17-16(10-14-11-20(4)19-18-14)15-7-6-12(2)9-13(15)3/h6-7,9,11,16-17H,5,8,10H2,1-4H3. The lowest BCUT2D eigenvalue weighted by Crippen LogP contribution is -2.25. The first-order valence-corrected chi connectivity index (χ1v) is 7.26. The van der Waals surface area contributed by atoms with E-state index in [1.165, 1.54) is 16.7 Å². The van der Waals surface area contributed by atoms with E-state index in [-0.39, 0.29) is 0 Å². The van der Waals surface area contributed by atoms with Crippen LogP contribution in [-0.4, -0.2) is 21.5 Å². The van der Waals surface area contributed by atoms with Gasteiger partial charge >= 0.3 is 0 Å². The Morgan fingerprint density at radius 3 is 2.70 bits per heavy atom. The van der Waals surface area contributed by atoms with Crippen LogP contribution in [0.15, 0.2) is 24.4 Å². The Labute approximate surface area is 121 Å². The highest BCUT2D eigenvalue weighted by Gasteiger charge is 2.15. The molecule has 1 aromatic carbocycles. The molecule has 1 unspecified atom stereocenters. The van der Waals surface area contributed by atoms with E-state index in [1.54, 1.807) is 4.68 Å². The highest BCUT2D eigenvalue weighted by molar-refractivity contribution is 5.33. The zero-order chi connectivity index (χ0) is 14.5. The molecule has 0 aliphatic rings. The largest absolute Gasteiger partial charge is 0.310 e. The second-order valence-electron chi connectivity index (χ2n) is 5.45. The van der Waals surface area contributed by atoms with Gasteiger partial charge in [-0.1, -0.05) is 35.9 Å². The minimum absolute atomic E-state index is 0.298. The summed E-state index contributed by atoms with van der Waals surface area (Å²) in [5, 5.41) is 11.9. The fourth-order valence-electron chi connectivity index (χ4n) is 2.53. The van der Waals surface area contributed by atoms with Gasteiger partial charge in [0.15, 0.2) is 0 Å². The molecule has 20 heavy (non-hydrogen) atoms. The monoisotopic (exact) mass is 272 g/mol. The van der Waals surface area contributed by atoms with Crippen molar-refractivity contribution in [2.24, 2.45) is 7.05 Å². The van der Waals surface area contributed by atoms with Gasteiger partial charge in [-0.05, 0) is 37.9 Å². The van der Waals surface area contributed by atoms with Gasteiger partial charge in [0.25, 0.3) is 0 Å². The van der Waals surface area contributed by atoms with E-state index in [1.807, 2.05) is 13.2 Å². The number of hydrogen-bond acceptors (Lipinski definition) is 3. The average Bonchev–Trinajstić information content (AvgIpc) is 2.80. The van der Waals surface area contributed by atoms with Crippen LogP contribution in [0.5, 0.6) is 0 Å². The van der Waals surface area contributed by atoms with Crippen LogP contribution >= 0.6 is 0 Å². The van der Waals surface area contributed by atoms with Gasteiger partial charge in [0.05, 0.1) is 5.69 Å². The zero-order valence-electron chi connectivity index (χ0n) is 12.8. The SMILES string of the molecule is CCCNC(Cc1cn(C)nn1)c1ccc(C)cc1C. The van der Waals surface area contributed by atoms with Crippen LogP contribution in [0.4, 0.5) is 0 Å². The third-order valence-electron chi connectivity index (χ3n) is 3.50. The molecule has 1 aromatic heterocycles. The second kappa shape index (κ2) is 6.66. The molecule has 0 amide bonds. The van der Waals surface area contributed by atoms with Crippen molar-refractivity contribution in [3.8, 4) is 0 Å².